The normalized spacial score (nSPS) is 12.4. The molecule has 10 heteroatoms. The summed E-state index contributed by atoms with van der Waals surface area (Å²) in [4.78, 5) is 21.7. The predicted molar refractivity (Wildman–Crippen MR) is 59.1 cm³/mol. The SMILES string of the molecule is COC(=O)CCCCCNC(=O)C(C(F)(F)F)C(F)(F)F. The number of esters is 1. The average molecular weight is 323 g/mol. The maximum Gasteiger partial charge on any atom is 0.409 e. The van der Waals surface area contributed by atoms with Crippen molar-refractivity contribution < 1.29 is 40.7 Å². The lowest BCUT2D eigenvalue weighted by molar-refractivity contribution is -0.274. The molecule has 0 aromatic rings. The van der Waals surface area contributed by atoms with Crippen molar-refractivity contribution in [3.63, 3.8) is 0 Å². The van der Waals surface area contributed by atoms with Crippen molar-refractivity contribution in [3.05, 3.63) is 0 Å². The van der Waals surface area contributed by atoms with Crippen molar-refractivity contribution in [1.29, 1.82) is 0 Å². The Bertz CT molecular complexity index is 339. The van der Waals surface area contributed by atoms with Crippen LogP contribution < -0.4 is 5.32 Å². The summed E-state index contributed by atoms with van der Waals surface area (Å²) in [6.07, 6.45) is -10.4. The molecule has 1 N–H and O–H groups in total. The fraction of sp³-hybridized carbons (Fsp3) is 0.818. The van der Waals surface area contributed by atoms with E-state index in [0.29, 0.717) is 12.8 Å². The summed E-state index contributed by atoms with van der Waals surface area (Å²) in [6, 6.07) is 0. The molecule has 0 unspecified atom stereocenters. The molecule has 4 nitrogen and oxygen atoms in total. The first-order valence-corrected chi connectivity index (χ1v) is 5.98. The number of nitrogens with one attached hydrogen (secondary N) is 1. The fourth-order valence-electron chi connectivity index (χ4n) is 1.47. The molecule has 1 amide bonds. The molecule has 0 bridgehead atoms. The highest BCUT2D eigenvalue weighted by Gasteiger charge is 2.60. The summed E-state index contributed by atoms with van der Waals surface area (Å²) in [5.74, 6) is -6.61. The highest BCUT2D eigenvalue weighted by Crippen LogP contribution is 2.39. The van der Waals surface area contributed by atoms with Crippen LogP contribution in [0.4, 0.5) is 26.3 Å². The topological polar surface area (TPSA) is 55.4 Å². The zero-order chi connectivity index (χ0) is 16.7. The van der Waals surface area contributed by atoms with Gasteiger partial charge in [-0.25, -0.2) is 0 Å². The van der Waals surface area contributed by atoms with Crippen LogP contribution in [-0.2, 0) is 14.3 Å². The molecule has 0 aromatic carbocycles. The van der Waals surface area contributed by atoms with Gasteiger partial charge in [-0.2, -0.15) is 26.3 Å². The number of hydrogen-bond donors (Lipinski definition) is 1. The third-order valence-electron chi connectivity index (χ3n) is 2.50. The van der Waals surface area contributed by atoms with Crippen LogP contribution >= 0.6 is 0 Å². The summed E-state index contributed by atoms with van der Waals surface area (Å²) in [5.41, 5.74) is 0. The van der Waals surface area contributed by atoms with Gasteiger partial charge in [0.25, 0.3) is 0 Å². The lowest BCUT2D eigenvalue weighted by atomic mass is 10.1. The molecule has 0 saturated heterocycles. The lowest BCUT2D eigenvalue weighted by Gasteiger charge is -2.21. The highest BCUT2D eigenvalue weighted by atomic mass is 19.4. The van der Waals surface area contributed by atoms with Gasteiger partial charge in [-0.1, -0.05) is 6.42 Å². The predicted octanol–water partition coefficient (Wildman–Crippen LogP) is 2.58. The summed E-state index contributed by atoms with van der Waals surface area (Å²) >= 11 is 0. The number of alkyl halides is 6. The third-order valence-corrected chi connectivity index (χ3v) is 2.50. The van der Waals surface area contributed by atoms with Crippen LogP contribution in [0.3, 0.4) is 0 Å². The van der Waals surface area contributed by atoms with Crippen molar-refractivity contribution >= 4 is 11.9 Å². The molecule has 0 rings (SSSR count). The molecule has 21 heavy (non-hydrogen) atoms. The van der Waals surface area contributed by atoms with Gasteiger partial charge in [0.15, 0.2) is 0 Å². The molecule has 0 aliphatic heterocycles. The lowest BCUT2D eigenvalue weighted by Crippen LogP contribution is -2.48. The van der Waals surface area contributed by atoms with Crippen LogP contribution in [0, 0.1) is 5.92 Å². The first kappa shape index (κ1) is 19.5. The monoisotopic (exact) mass is 323 g/mol. The van der Waals surface area contributed by atoms with E-state index in [2.05, 4.69) is 4.74 Å². The van der Waals surface area contributed by atoms with Gasteiger partial charge in [0.2, 0.25) is 11.8 Å². The van der Waals surface area contributed by atoms with Crippen molar-refractivity contribution in [1.82, 2.24) is 5.32 Å². The first-order valence-electron chi connectivity index (χ1n) is 5.98. The van der Waals surface area contributed by atoms with Gasteiger partial charge in [-0.3, -0.25) is 9.59 Å². The highest BCUT2D eigenvalue weighted by molar-refractivity contribution is 5.80. The molecule has 0 fully saturated rings. The maximum absolute atomic E-state index is 12.2. The van der Waals surface area contributed by atoms with Gasteiger partial charge in [-0.05, 0) is 12.8 Å². The van der Waals surface area contributed by atoms with E-state index in [0.717, 1.165) is 0 Å². The Balaban J connectivity index is 4.15. The Morgan fingerprint density at radius 3 is 1.95 bits per heavy atom. The second-order valence-electron chi connectivity index (χ2n) is 4.19. The summed E-state index contributed by atoms with van der Waals surface area (Å²) < 4.78 is 77.5. The largest absolute Gasteiger partial charge is 0.469 e. The van der Waals surface area contributed by atoms with Crippen LogP contribution in [-0.4, -0.2) is 37.9 Å². The van der Waals surface area contributed by atoms with E-state index in [4.69, 9.17) is 0 Å². The number of unbranched alkanes of at least 4 members (excludes halogenated alkanes) is 2. The number of hydrogen-bond acceptors (Lipinski definition) is 3. The van der Waals surface area contributed by atoms with Gasteiger partial charge in [0.05, 0.1) is 7.11 Å². The minimum Gasteiger partial charge on any atom is -0.469 e. The third kappa shape index (κ3) is 7.76. The molecule has 0 aliphatic carbocycles. The standard InChI is InChI=1S/C11H15F6NO3/c1-21-7(19)5-3-2-4-6-18-9(20)8(10(12,13)14)11(15,16)17/h8H,2-6H2,1H3,(H,18,20). The Hall–Kier alpha value is -1.48. The number of methoxy groups -OCH3 is 1. The average Bonchev–Trinajstić information content (AvgIpc) is 2.29. The number of rotatable bonds is 7. The van der Waals surface area contributed by atoms with E-state index in [1.54, 1.807) is 5.32 Å². The Kier molecular flexibility index (Phi) is 7.51. The Morgan fingerprint density at radius 1 is 1.00 bits per heavy atom. The molecule has 0 atom stereocenters. The second-order valence-corrected chi connectivity index (χ2v) is 4.19. The van der Waals surface area contributed by atoms with Crippen LogP contribution in [0.5, 0.6) is 0 Å². The Morgan fingerprint density at radius 2 is 1.52 bits per heavy atom. The van der Waals surface area contributed by atoms with Crippen LogP contribution in [0.2, 0.25) is 0 Å². The second kappa shape index (κ2) is 8.08. The number of ether oxygens (including phenoxy) is 1. The van der Waals surface area contributed by atoms with Gasteiger partial charge >= 0.3 is 18.3 Å². The smallest absolute Gasteiger partial charge is 0.409 e. The fourth-order valence-corrected chi connectivity index (χ4v) is 1.47. The maximum atomic E-state index is 12.2. The number of halogens is 6. The minimum absolute atomic E-state index is 0.0954. The molecular formula is C11H15F6NO3. The molecular weight excluding hydrogens is 308 g/mol. The van der Waals surface area contributed by atoms with Gasteiger partial charge in [0, 0.05) is 13.0 Å². The quantitative estimate of drug-likeness (QED) is 0.445. The van der Waals surface area contributed by atoms with Gasteiger partial charge < -0.3 is 10.1 Å². The van der Waals surface area contributed by atoms with E-state index in [9.17, 15) is 35.9 Å². The van der Waals surface area contributed by atoms with Crippen LogP contribution in [0.15, 0.2) is 0 Å². The van der Waals surface area contributed by atoms with Crippen molar-refractivity contribution in [2.45, 2.75) is 38.0 Å². The van der Waals surface area contributed by atoms with E-state index >= 15 is 0 Å². The summed E-state index contributed by atoms with van der Waals surface area (Å²) in [5, 5.41) is 1.60. The van der Waals surface area contributed by atoms with Crippen LogP contribution in [0.1, 0.15) is 25.7 Å². The number of carbonyl (C=O) groups excluding carboxylic acids is 2. The molecule has 0 radical (unpaired) electrons. The van der Waals surface area contributed by atoms with E-state index in [1.165, 1.54) is 7.11 Å². The number of amides is 1. The zero-order valence-electron chi connectivity index (χ0n) is 11.1. The molecule has 0 spiro atoms. The first-order chi connectivity index (χ1) is 9.50. The zero-order valence-corrected chi connectivity index (χ0v) is 11.1. The molecule has 124 valence electrons. The summed E-state index contributed by atoms with van der Waals surface area (Å²) in [6.45, 7) is -0.331. The Labute approximate surface area is 116 Å². The number of carbonyl (C=O) groups is 2. The van der Waals surface area contributed by atoms with Gasteiger partial charge in [-0.15, -0.1) is 0 Å². The van der Waals surface area contributed by atoms with E-state index < -0.39 is 30.1 Å². The van der Waals surface area contributed by atoms with Crippen molar-refractivity contribution in [2.75, 3.05) is 13.7 Å². The molecule has 0 saturated carbocycles. The van der Waals surface area contributed by atoms with E-state index in [1.807, 2.05) is 0 Å². The minimum atomic E-state index is -5.69. The van der Waals surface area contributed by atoms with Gasteiger partial charge in [0.1, 0.15) is 0 Å². The molecule has 0 heterocycles. The van der Waals surface area contributed by atoms with Crippen molar-refractivity contribution in [3.8, 4) is 0 Å². The molecule has 0 aromatic heterocycles. The van der Waals surface area contributed by atoms with Crippen molar-refractivity contribution in [2.24, 2.45) is 5.92 Å². The van der Waals surface area contributed by atoms with E-state index in [-0.39, 0.29) is 19.4 Å². The van der Waals surface area contributed by atoms with Crippen LogP contribution in [0.25, 0.3) is 0 Å². The molecule has 0 aliphatic rings. The summed E-state index contributed by atoms with van der Waals surface area (Å²) in [7, 11) is 1.19.